The Morgan fingerprint density at radius 3 is 2.50 bits per heavy atom. The van der Waals surface area contributed by atoms with Gasteiger partial charge in [0.25, 0.3) is 0 Å². The molecule has 0 unspecified atom stereocenters. The largest absolute Gasteiger partial charge is 0.406 e. The van der Waals surface area contributed by atoms with E-state index in [0.717, 1.165) is 4.57 Å². The van der Waals surface area contributed by atoms with E-state index in [1.165, 1.54) is 12.4 Å². The summed E-state index contributed by atoms with van der Waals surface area (Å²) in [5, 5.41) is 2.92. The lowest BCUT2D eigenvalue weighted by Gasteiger charge is -2.21. The van der Waals surface area contributed by atoms with Crippen molar-refractivity contribution in [2.45, 2.75) is 45.6 Å². The lowest BCUT2D eigenvalue weighted by molar-refractivity contribution is -0.141. The van der Waals surface area contributed by atoms with E-state index in [9.17, 15) is 13.2 Å². The van der Waals surface area contributed by atoms with Crippen LogP contribution in [0, 0.1) is 0 Å². The van der Waals surface area contributed by atoms with Crippen LogP contribution in [0.1, 0.15) is 26.6 Å². The van der Waals surface area contributed by atoms with Crippen molar-refractivity contribution in [2.24, 2.45) is 10.7 Å². The molecule has 0 atom stereocenters. The van der Waals surface area contributed by atoms with Gasteiger partial charge in [0.2, 0.25) is 0 Å². The van der Waals surface area contributed by atoms with Gasteiger partial charge in [0.1, 0.15) is 18.9 Å². The number of hydrogen-bond acceptors (Lipinski definition) is 2. The Labute approximate surface area is 132 Å². The zero-order valence-corrected chi connectivity index (χ0v) is 13.9. The number of aliphatic imine (C=N–C) groups is 1. The number of aromatic nitrogens is 2. The fourth-order valence-corrected chi connectivity index (χ4v) is 1.41. The van der Waals surface area contributed by atoms with Crippen molar-refractivity contribution in [1.29, 1.82) is 0 Å². The van der Waals surface area contributed by atoms with Crippen LogP contribution >= 0.6 is 24.0 Å². The van der Waals surface area contributed by atoms with Crippen molar-refractivity contribution < 1.29 is 13.2 Å². The predicted molar refractivity (Wildman–Crippen MR) is 81.9 cm³/mol. The first-order valence-electron chi connectivity index (χ1n) is 5.72. The highest BCUT2D eigenvalue weighted by Crippen LogP contribution is 2.18. The molecule has 3 N–H and O–H groups in total. The highest BCUT2D eigenvalue weighted by Gasteiger charge is 2.28. The molecular formula is C11H19F3IN5. The SMILES string of the molecule is CC(C)(C)NC(N)=NCc1nccn1CC(F)(F)F.I. The van der Waals surface area contributed by atoms with Gasteiger partial charge in [-0.3, -0.25) is 0 Å². The average Bonchev–Trinajstić information content (AvgIpc) is 2.56. The first kappa shape index (κ1) is 19.0. The van der Waals surface area contributed by atoms with Gasteiger partial charge in [-0.05, 0) is 20.8 Å². The van der Waals surface area contributed by atoms with Crippen molar-refractivity contribution in [2.75, 3.05) is 0 Å². The minimum absolute atomic E-state index is 0. The molecule has 0 aliphatic rings. The first-order valence-corrected chi connectivity index (χ1v) is 5.72. The van der Waals surface area contributed by atoms with Crippen LogP contribution in [0.5, 0.6) is 0 Å². The van der Waals surface area contributed by atoms with Gasteiger partial charge in [-0.2, -0.15) is 13.2 Å². The third kappa shape index (κ3) is 7.56. The van der Waals surface area contributed by atoms with E-state index in [0.29, 0.717) is 0 Å². The molecule has 0 bridgehead atoms. The molecular weight excluding hydrogens is 386 g/mol. The van der Waals surface area contributed by atoms with Crippen molar-refractivity contribution >= 4 is 29.9 Å². The zero-order valence-electron chi connectivity index (χ0n) is 11.5. The van der Waals surface area contributed by atoms with Crippen molar-refractivity contribution in [3.05, 3.63) is 18.2 Å². The standard InChI is InChI=1S/C11H18F3N5.HI/c1-10(2,3)18-9(15)17-6-8-16-4-5-19(8)7-11(12,13)14;/h4-5H,6-7H2,1-3H3,(H3,15,17,18);1H. The second-order valence-corrected chi connectivity index (χ2v) is 5.16. The molecule has 0 saturated heterocycles. The highest BCUT2D eigenvalue weighted by atomic mass is 127. The summed E-state index contributed by atoms with van der Waals surface area (Å²) in [6, 6.07) is 0. The number of halogens is 4. The van der Waals surface area contributed by atoms with E-state index in [1.54, 1.807) is 0 Å². The van der Waals surface area contributed by atoms with E-state index in [2.05, 4.69) is 15.3 Å². The second-order valence-electron chi connectivity index (χ2n) is 5.16. The first-order chi connectivity index (χ1) is 8.57. The number of imidazole rings is 1. The van der Waals surface area contributed by atoms with Crippen LogP contribution in [-0.4, -0.2) is 27.2 Å². The van der Waals surface area contributed by atoms with E-state index in [1.807, 2.05) is 20.8 Å². The number of alkyl halides is 3. The monoisotopic (exact) mass is 405 g/mol. The summed E-state index contributed by atoms with van der Waals surface area (Å²) in [6.07, 6.45) is -1.70. The number of nitrogens with zero attached hydrogens (tertiary/aromatic N) is 3. The number of nitrogens with one attached hydrogen (secondary N) is 1. The number of hydrogen-bond donors (Lipinski definition) is 2. The molecule has 1 aromatic rings. The summed E-state index contributed by atoms with van der Waals surface area (Å²) in [4.78, 5) is 7.82. The van der Waals surface area contributed by atoms with Crippen LogP contribution in [0.25, 0.3) is 0 Å². The Morgan fingerprint density at radius 2 is 2.00 bits per heavy atom. The maximum atomic E-state index is 12.3. The van der Waals surface area contributed by atoms with Gasteiger partial charge in [0.15, 0.2) is 5.96 Å². The Balaban J connectivity index is 0.00000361. The molecule has 0 spiro atoms. The Bertz CT molecular complexity index is 448. The molecule has 0 fully saturated rings. The molecule has 0 aliphatic heterocycles. The number of nitrogens with two attached hydrogens (primary N) is 1. The summed E-state index contributed by atoms with van der Waals surface area (Å²) in [5.74, 6) is 0.394. The molecule has 0 amide bonds. The fraction of sp³-hybridized carbons (Fsp3) is 0.636. The van der Waals surface area contributed by atoms with Crippen molar-refractivity contribution in [1.82, 2.24) is 14.9 Å². The van der Waals surface area contributed by atoms with Crippen LogP contribution in [-0.2, 0) is 13.1 Å². The Morgan fingerprint density at radius 1 is 1.40 bits per heavy atom. The maximum absolute atomic E-state index is 12.3. The van der Waals surface area contributed by atoms with Gasteiger partial charge in [0, 0.05) is 17.9 Å². The molecule has 1 aromatic heterocycles. The minimum Gasteiger partial charge on any atom is -0.370 e. The summed E-state index contributed by atoms with van der Waals surface area (Å²) in [7, 11) is 0. The lowest BCUT2D eigenvalue weighted by Crippen LogP contribution is -2.45. The van der Waals surface area contributed by atoms with E-state index in [4.69, 9.17) is 5.73 Å². The van der Waals surface area contributed by atoms with Gasteiger partial charge in [0.05, 0.1) is 0 Å². The van der Waals surface area contributed by atoms with Crippen LogP contribution in [0.4, 0.5) is 13.2 Å². The van der Waals surface area contributed by atoms with Gasteiger partial charge in [-0.15, -0.1) is 24.0 Å². The molecule has 116 valence electrons. The van der Waals surface area contributed by atoms with E-state index < -0.39 is 12.7 Å². The van der Waals surface area contributed by atoms with Crippen LogP contribution in [0.2, 0.25) is 0 Å². The maximum Gasteiger partial charge on any atom is 0.406 e. The fourth-order valence-electron chi connectivity index (χ4n) is 1.41. The minimum atomic E-state index is -4.28. The van der Waals surface area contributed by atoms with Crippen LogP contribution in [0.15, 0.2) is 17.4 Å². The summed E-state index contributed by atoms with van der Waals surface area (Å²) in [6.45, 7) is 4.63. The molecule has 9 heteroatoms. The number of guanidine groups is 1. The molecule has 0 saturated carbocycles. The van der Waals surface area contributed by atoms with Gasteiger partial charge in [-0.1, -0.05) is 0 Å². The molecule has 0 aromatic carbocycles. The average molecular weight is 405 g/mol. The van der Waals surface area contributed by atoms with Gasteiger partial charge >= 0.3 is 6.18 Å². The smallest absolute Gasteiger partial charge is 0.370 e. The third-order valence-electron chi connectivity index (χ3n) is 2.05. The van der Waals surface area contributed by atoms with E-state index in [-0.39, 0.29) is 47.8 Å². The van der Waals surface area contributed by atoms with Gasteiger partial charge in [-0.25, -0.2) is 9.98 Å². The highest BCUT2D eigenvalue weighted by molar-refractivity contribution is 14.0. The zero-order chi connectivity index (χ0) is 14.7. The molecule has 20 heavy (non-hydrogen) atoms. The van der Waals surface area contributed by atoms with Gasteiger partial charge < -0.3 is 15.6 Å². The third-order valence-corrected chi connectivity index (χ3v) is 2.05. The molecule has 0 aliphatic carbocycles. The Kier molecular flexibility index (Phi) is 6.78. The summed E-state index contributed by atoms with van der Waals surface area (Å²) < 4.78 is 37.9. The summed E-state index contributed by atoms with van der Waals surface area (Å²) in [5.41, 5.74) is 5.38. The second kappa shape index (κ2) is 7.14. The predicted octanol–water partition coefficient (Wildman–Crippen LogP) is 2.27. The van der Waals surface area contributed by atoms with E-state index >= 15 is 0 Å². The van der Waals surface area contributed by atoms with Crippen molar-refractivity contribution in [3.8, 4) is 0 Å². The van der Waals surface area contributed by atoms with Crippen molar-refractivity contribution in [3.63, 3.8) is 0 Å². The lowest BCUT2D eigenvalue weighted by atomic mass is 10.1. The topological polar surface area (TPSA) is 68.2 Å². The Hall–Kier alpha value is -1.00. The number of rotatable bonds is 3. The molecule has 1 rings (SSSR count). The molecule has 1 heterocycles. The van der Waals surface area contributed by atoms with Crippen LogP contribution < -0.4 is 11.1 Å². The van der Waals surface area contributed by atoms with Crippen LogP contribution in [0.3, 0.4) is 0 Å². The summed E-state index contributed by atoms with van der Waals surface area (Å²) >= 11 is 0. The molecule has 0 radical (unpaired) electrons. The normalized spacial score (nSPS) is 13.0. The quantitative estimate of drug-likeness (QED) is 0.461. The molecule has 5 nitrogen and oxygen atoms in total.